The van der Waals surface area contributed by atoms with E-state index in [1.54, 1.807) is 0 Å². The molecule has 2 N–H and O–H groups in total. The molecule has 0 aliphatic carbocycles. The van der Waals surface area contributed by atoms with Gasteiger partial charge in [0.15, 0.2) is 17.2 Å². The molecule has 0 fully saturated rings. The van der Waals surface area contributed by atoms with Gasteiger partial charge in [0.1, 0.15) is 17.5 Å². The van der Waals surface area contributed by atoms with Crippen LogP contribution in [0.3, 0.4) is 0 Å². The van der Waals surface area contributed by atoms with Crippen molar-refractivity contribution in [2.24, 2.45) is 0 Å². The van der Waals surface area contributed by atoms with Crippen LogP contribution < -0.4 is 10.1 Å². The number of anilines is 1. The van der Waals surface area contributed by atoms with Crippen LogP contribution in [0.5, 0.6) is 11.8 Å². The van der Waals surface area contributed by atoms with Gasteiger partial charge in [0.25, 0.3) is 5.91 Å². The molecule has 0 saturated heterocycles. The molecule has 0 atom stereocenters. The topological polar surface area (TPSA) is 92.8 Å². The number of nitrogens with zero attached hydrogens (tertiary/aromatic N) is 3. The number of halogens is 3. The third-order valence-electron chi connectivity index (χ3n) is 3.74. The first-order valence-electron chi connectivity index (χ1n) is 7.91. The summed E-state index contributed by atoms with van der Waals surface area (Å²) in [5, 5.41) is 9.28. The van der Waals surface area contributed by atoms with Crippen molar-refractivity contribution in [3.63, 3.8) is 0 Å². The number of rotatable bonds is 4. The summed E-state index contributed by atoms with van der Waals surface area (Å²) in [6.07, 6.45) is 1.29. The van der Waals surface area contributed by atoms with Crippen LogP contribution in [0.2, 0.25) is 0 Å². The number of ether oxygens (including phenoxy) is 1. The second-order valence-electron chi connectivity index (χ2n) is 5.60. The molecule has 0 radical (unpaired) electrons. The molecule has 2 aromatic carbocycles. The van der Waals surface area contributed by atoms with E-state index in [4.69, 9.17) is 4.74 Å². The fourth-order valence-corrected chi connectivity index (χ4v) is 2.41. The second kappa shape index (κ2) is 6.99. The third kappa shape index (κ3) is 3.34. The molecular weight excluding hydrogens is 375 g/mol. The van der Waals surface area contributed by atoms with Gasteiger partial charge in [-0.15, -0.1) is 0 Å². The minimum Gasteiger partial charge on any atom is -0.421 e. The number of hydrogen-bond acceptors (Lipinski definition) is 5. The summed E-state index contributed by atoms with van der Waals surface area (Å²) >= 11 is 0. The van der Waals surface area contributed by atoms with Gasteiger partial charge in [-0.25, -0.2) is 18.2 Å². The fraction of sp³-hybridized carbons (Fsp3) is 0. The van der Waals surface area contributed by atoms with Crippen molar-refractivity contribution in [2.75, 3.05) is 5.32 Å². The molecule has 140 valence electrons. The minimum atomic E-state index is -0.913. The standard InChI is InChI=1S/C18H10F3N5O2/c19-9-5-6-14(13(21)7-9)28-18-22-8-11-15(25-26-16(11)24-18)23-17(27)10-3-1-2-4-12(10)20/h1-8H,(H2,22,23,24,25,26,27). The maximum Gasteiger partial charge on any atom is 0.324 e. The number of carbonyl (C=O) groups is 1. The molecule has 0 unspecified atom stereocenters. The van der Waals surface area contributed by atoms with Gasteiger partial charge >= 0.3 is 6.01 Å². The Bertz CT molecular complexity index is 1200. The van der Waals surface area contributed by atoms with E-state index < -0.39 is 23.4 Å². The summed E-state index contributed by atoms with van der Waals surface area (Å²) in [6, 6.07) is 8.08. The highest BCUT2D eigenvalue weighted by atomic mass is 19.1. The smallest absolute Gasteiger partial charge is 0.324 e. The van der Waals surface area contributed by atoms with Gasteiger partial charge in [-0.05, 0) is 24.3 Å². The van der Waals surface area contributed by atoms with Gasteiger partial charge in [0.2, 0.25) is 0 Å². The fourth-order valence-electron chi connectivity index (χ4n) is 2.41. The molecule has 2 heterocycles. The van der Waals surface area contributed by atoms with Crippen LogP contribution in [-0.2, 0) is 0 Å². The quantitative estimate of drug-likeness (QED) is 0.557. The van der Waals surface area contributed by atoms with Crippen molar-refractivity contribution in [1.82, 2.24) is 20.2 Å². The molecule has 2 aromatic heterocycles. The molecule has 4 rings (SSSR count). The maximum atomic E-state index is 13.7. The zero-order valence-corrected chi connectivity index (χ0v) is 13.9. The second-order valence-corrected chi connectivity index (χ2v) is 5.60. The molecule has 0 bridgehead atoms. The molecule has 10 heteroatoms. The predicted molar refractivity (Wildman–Crippen MR) is 92.5 cm³/mol. The molecule has 0 aliphatic rings. The number of amides is 1. The van der Waals surface area contributed by atoms with Gasteiger partial charge < -0.3 is 10.1 Å². The first kappa shape index (κ1) is 17.5. The number of carbonyl (C=O) groups excluding carboxylic acids is 1. The lowest BCUT2D eigenvalue weighted by Crippen LogP contribution is -2.14. The number of aromatic nitrogens is 4. The van der Waals surface area contributed by atoms with Crippen LogP contribution in [-0.4, -0.2) is 26.1 Å². The Morgan fingerprint density at radius 3 is 2.68 bits per heavy atom. The average Bonchev–Trinajstić information content (AvgIpc) is 3.06. The SMILES string of the molecule is O=C(Nc1[nH]nc2nc(Oc3ccc(F)cc3F)ncc12)c1ccccc1F. The summed E-state index contributed by atoms with van der Waals surface area (Å²) in [4.78, 5) is 20.1. The zero-order valence-electron chi connectivity index (χ0n) is 13.9. The molecule has 0 saturated carbocycles. The van der Waals surface area contributed by atoms with Crippen molar-refractivity contribution in [3.05, 3.63) is 71.7 Å². The number of benzene rings is 2. The normalized spacial score (nSPS) is 10.8. The van der Waals surface area contributed by atoms with Gasteiger partial charge in [-0.2, -0.15) is 10.1 Å². The largest absolute Gasteiger partial charge is 0.421 e. The Morgan fingerprint density at radius 1 is 1.07 bits per heavy atom. The molecule has 0 spiro atoms. The Balaban J connectivity index is 1.58. The molecule has 4 aromatic rings. The van der Waals surface area contributed by atoms with Crippen LogP contribution in [0.15, 0.2) is 48.7 Å². The van der Waals surface area contributed by atoms with E-state index in [0.29, 0.717) is 11.5 Å². The first-order chi connectivity index (χ1) is 13.5. The highest BCUT2D eigenvalue weighted by molar-refractivity contribution is 6.07. The molecule has 0 aliphatic heterocycles. The lowest BCUT2D eigenvalue weighted by molar-refractivity contribution is 0.102. The van der Waals surface area contributed by atoms with Crippen LogP contribution >= 0.6 is 0 Å². The van der Waals surface area contributed by atoms with E-state index in [2.05, 4.69) is 25.5 Å². The Labute approximate surface area is 155 Å². The van der Waals surface area contributed by atoms with Crippen molar-refractivity contribution >= 4 is 22.8 Å². The van der Waals surface area contributed by atoms with Crippen molar-refractivity contribution in [2.45, 2.75) is 0 Å². The minimum absolute atomic E-state index is 0.122. The summed E-state index contributed by atoms with van der Waals surface area (Å²) in [6.45, 7) is 0. The molecule has 28 heavy (non-hydrogen) atoms. The number of H-pyrrole nitrogens is 1. The summed E-state index contributed by atoms with van der Waals surface area (Å²) in [5.74, 6) is -3.12. The number of nitrogens with one attached hydrogen (secondary N) is 2. The van der Waals surface area contributed by atoms with E-state index in [0.717, 1.165) is 12.1 Å². The van der Waals surface area contributed by atoms with Gasteiger partial charge in [0, 0.05) is 12.3 Å². The van der Waals surface area contributed by atoms with Gasteiger partial charge in [-0.3, -0.25) is 9.89 Å². The van der Waals surface area contributed by atoms with E-state index in [9.17, 15) is 18.0 Å². The van der Waals surface area contributed by atoms with Crippen molar-refractivity contribution in [1.29, 1.82) is 0 Å². The predicted octanol–water partition coefficient (Wildman–Crippen LogP) is 3.81. The average molecular weight is 385 g/mol. The van der Waals surface area contributed by atoms with Gasteiger partial charge in [-0.1, -0.05) is 12.1 Å². The van der Waals surface area contributed by atoms with Crippen molar-refractivity contribution in [3.8, 4) is 11.8 Å². The number of hydrogen-bond donors (Lipinski definition) is 2. The number of fused-ring (bicyclic) bond motifs is 1. The lowest BCUT2D eigenvalue weighted by Gasteiger charge is -2.05. The van der Waals surface area contributed by atoms with E-state index in [-0.39, 0.29) is 28.8 Å². The van der Waals surface area contributed by atoms with E-state index in [1.165, 1.54) is 30.5 Å². The Hall–Kier alpha value is -3.95. The maximum absolute atomic E-state index is 13.7. The molecule has 7 nitrogen and oxygen atoms in total. The van der Waals surface area contributed by atoms with Crippen LogP contribution in [0.1, 0.15) is 10.4 Å². The lowest BCUT2D eigenvalue weighted by atomic mass is 10.2. The highest BCUT2D eigenvalue weighted by Gasteiger charge is 2.16. The zero-order chi connectivity index (χ0) is 19.7. The van der Waals surface area contributed by atoms with Crippen LogP contribution in [0.25, 0.3) is 11.0 Å². The Kier molecular flexibility index (Phi) is 4.36. The van der Waals surface area contributed by atoms with E-state index in [1.807, 2.05) is 0 Å². The third-order valence-corrected chi connectivity index (χ3v) is 3.74. The molecular formula is C18H10F3N5O2. The summed E-state index contributed by atoms with van der Waals surface area (Å²) in [7, 11) is 0. The van der Waals surface area contributed by atoms with Gasteiger partial charge in [0.05, 0.1) is 10.9 Å². The monoisotopic (exact) mass is 385 g/mol. The summed E-state index contributed by atoms with van der Waals surface area (Å²) in [5.41, 5.74) is -0.0192. The van der Waals surface area contributed by atoms with Crippen LogP contribution in [0.4, 0.5) is 19.0 Å². The number of aromatic amines is 1. The molecule has 1 amide bonds. The first-order valence-corrected chi connectivity index (χ1v) is 7.91. The Morgan fingerprint density at radius 2 is 1.89 bits per heavy atom. The summed E-state index contributed by atoms with van der Waals surface area (Å²) < 4.78 is 45.5. The van der Waals surface area contributed by atoms with Crippen LogP contribution in [0, 0.1) is 17.5 Å². The highest BCUT2D eigenvalue weighted by Crippen LogP contribution is 2.25. The van der Waals surface area contributed by atoms with Crippen molar-refractivity contribution < 1.29 is 22.7 Å². The van der Waals surface area contributed by atoms with E-state index >= 15 is 0 Å².